The van der Waals surface area contributed by atoms with Crippen LogP contribution in [0.25, 0.3) is 16.2 Å². The largest absolute Gasteiger partial charge is 0.344 e. The molecule has 2 aromatic carbocycles. The summed E-state index contributed by atoms with van der Waals surface area (Å²) in [4.78, 5) is 22.8. The van der Waals surface area contributed by atoms with E-state index in [9.17, 15) is 23.0 Å². The first kappa shape index (κ1) is 20.7. The lowest BCUT2D eigenvalue weighted by Crippen LogP contribution is -2.25. The Morgan fingerprint density at radius 3 is 2.79 bits per heavy atom. The molecule has 2 N–H and O–H groups in total. The summed E-state index contributed by atoms with van der Waals surface area (Å²) in [6.45, 7) is 1.10. The van der Waals surface area contributed by atoms with Crippen LogP contribution in [0.2, 0.25) is 5.02 Å². The van der Waals surface area contributed by atoms with Crippen molar-refractivity contribution in [3.05, 3.63) is 75.8 Å². The Bertz CT molecular complexity index is 1130. The number of amides is 1. The highest BCUT2D eigenvalue weighted by Crippen LogP contribution is 2.54. The molecule has 3 rings (SSSR count). The van der Waals surface area contributed by atoms with Crippen LogP contribution >= 0.6 is 30.3 Å². The Kier molecular flexibility index (Phi) is 6.01. The minimum absolute atomic E-state index is 0.0618. The summed E-state index contributed by atoms with van der Waals surface area (Å²) < 4.78 is 40.2. The molecule has 28 heavy (non-hydrogen) atoms. The van der Waals surface area contributed by atoms with Gasteiger partial charge in [0.2, 0.25) is 13.3 Å². The van der Waals surface area contributed by atoms with Gasteiger partial charge in [-0.05, 0) is 46.7 Å². The Hall–Kier alpha value is -2.05. The number of benzene rings is 2. The van der Waals surface area contributed by atoms with Crippen molar-refractivity contribution < 1.29 is 23.0 Å². The van der Waals surface area contributed by atoms with Crippen LogP contribution in [0.5, 0.6) is 0 Å². The van der Waals surface area contributed by atoms with Crippen molar-refractivity contribution in [1.82, 2.24) is 5.32 Å². The molecule has 0 fully saturated rings. The van der Waals surface area contributed by atoms with Crippen molar-refractivity contribution in [2.75, 3.05) is 6.66 Å². The van der Waals surface area contributed by atoms with Gasteiger partial charge in [0.15, 0.2) is 11.6 Å². The van der Waals surface area contributed by atoms with E-state index in [0.29, 0.717) is 16.0 Å². The number of nitrogens with one attached hydrogen (secondary N) is 1. The summed E-state index contributed by atoms with van der Waals surface area (Å²) in [5, 5.41) is 5.09. The van der Waals surface area contributed by atoms with Crippen molar-refractivity contribution in [1.29, 1.82) is 0 Å². The minimum atomic E-state index is -3.89. The number of carbonyl (C=O) groups is 1. The molecule has 9 heteroatoms. The lowest BCUT2D eigenvalue weighted by atomic mass is 10.1. The quantitative estimate of drug-likeness (QED) is 0.509. The predicted molar refractivity (Wildman–Crippen MR) is 109 cm³/mol. The van der Waals surface area contributed by atoms with Crippen LogP contribution in [-0.2, 0) is 9.36 Å². The molecule has 146 valence electrons. The molecule has 1 aromatic heterocycles. The van der Waals surface area contributed by atoms with E-state index in [4.69, 9.17) is 11.6 Å². The molecule has 0 saturated heterocycles. The van der Waals surface area contributed by atoms with E-state index in [2.05, 4.69) is 5.32 Å². The second-order valence-electron chi connectivity index (χ2n) is 6.16. The average Bonchev–Trinajstić information content (AvgIpc) is 3.00. The molecule has 1 heterocycles. The van der Waals surface area contributed by atoms with Crippen LogP contribution in [0, 0.1) is 11.6 Å². The smallest absolute Gasteiger partial charge is 0.241 e. The van der Waals surface area contributed by atoms with Crippen molar-refractivity contribution in [3.63, 3.8) is 0 Å². The summed E-state index contributed by atoms with van der Waals surface area (Å²) in [6, 6.07) is 8.75. The number of carbonyl (C=O) groups excluding carboxylic acids is 1. The normalized spacial score (nSPS) is 14.9. The summed E-state index contributed by atoms with van der Waals surface area (Å²) >= 11 is 7.35. The highest BCUT2D eigenvalue weighted by Gasteiger charge is 2.36. The van der Waals surface area contributed by atoms with Crippen molar-refractivity contribution in [2.24, 2.45) is 0 Å². The van der Waals surface area contributed by atoms with E-state index in [0.717, 1.165) is 23.6 Å². The molecule has 0 aliphatic rings. The van der Waals surface area contributed by atoms with Gasteiger partial charge in [0.05, 0.1) is 0 Å². The number of thiophene rings is 1. The van der Waals surface area contributed by atoms with Gasteiger partial charge in [-0.2, -0.15) is 0 Å². The van der Waals surface area contributed by atoms with E-state index >= 15 is 0 Å². The third-order valence-corrected chi connectivity index (χ3v) is 6.75. The van der Waals surface area contributed by atoms with Gasteiger partial charge in [-0.3, -0.25) is 9.36 Å². The van der Waals surface area contributed by atoms with E-state index in [1.807, 2.05) is 0 Å². The van der Waals surface area contributed by atoms with Crippen LogP contribution in [-0.4, -0.2) is 17.5 Å². The van der Waals surface area contributed by atoms with E-state index < -0.39 is 30.6 Å². The fourth-order valence-electron chi connectivity index (χ4n) is 2.79. The van der Waals surface area contributed by atoms with Crippen molar-refractivity contribution >= 4 is 52.4 Å². The first-order valence-corrected chi connectivity index (χ1v) is 11.5. The third kappa shape index (κ3) is 4.33. The van der Waals surface area contributed by atoms with Gasteiger partial charge in [-0.25, -0.2) is 8.78 Å². The number of hydrogen-bond donors (Lipinski definition) is 2. The first-order chi connectivity index (χ1) is 13.2. The molecule has 0 bridgehead atoms. The molecular formula is C19H15ClF2NO3PS. The lowest BCUT2D eigenvalue weighted by Gasteiger charge is -2.18. The van der Waals surface area contributed by atoms with E-state index in [1.54, 1.807) is 23.6 Å². The molecule has 1 amide bonds. The standard InChI is InChI=1S/C19H15ClF2NO3PS/c1-27(25,26)18(14-10-28-16-6-5-12(20)9-13(14)16)19(24)23-8-7-11-3-2-4-15(21)17(11)22/h2-10,18H,1H3,(H,23,24)(H,25,26). The topological polar surface area (TPSA) is 66.4 Å². The van der Waals surface area contributed by atoms with Gasteiger partial charge in [-0.1, -0.05) is 23.7 Å². The molecule has 3 aromatic rings. The van der Waals surface area contributed by atoms with Gasteiger partial charge in [-0.15, -0.1) is 11.3 Å². The number of hydrogen-bond acceptors (Lipinski definition) is 3. The SMILES string of the molecule is CP(=O)(O)C(C(=O)NC=Cc1cccc(F)c1F)c1csc2ccc(Cl)cc12. The minimum Gasteiger partial charge on any atom is -0.344 e. The molecular weight excluding hydrogens is 427 g/mol. The second-order valence-corrected chi connectivity index (χ2v) is 9.91. The molecule has 0 spiro atoms. The van der Waals surface area contributed by atoms with Gasteiger partial charge in [0.1, 0.15) is 5.66 Å². The van der Waals surface area contributed by atoms with Crippen LogP contribution in [0.3, 0.4) is 0 Å². The molecule has 4 nitrogen and oxygen atoms in total. The molecule has 0 radical (unpaired) electrons. The van der Waals surface area contributed by atoms with Gasteiger partial charge < -0.3 is 10.2 Å². The third-order valence-electron chi connectivity index (χ3n) is 4.06. The monoisotopic (exact) mass is 441 g/mol. The molecule has 0 aliphatic heterocycles. The molecule has 0 saturated carbocycles. The van der Waals surface area contributed by atoms with E-state index in [-0.39, 0.29) is 5.56 Å². The maximum atomic E-state index is 13.7. The molecule has 2 unspecified atom stereocenters. The summed E-state index contributed by atoms with van der Waals surface area (Å²) in [5.41, 5.74) is -1.01. The Labute approximate surface area is 168 Å². The Morgan fingerprint density at radius 2 is 2.07 bits per heavy atom. The number of rotatable bonds is 5. The average molecular weight is 442 g/mol. The van der Waals surface area contributed by atoms with Gasteiger partial charge in [0, 0.05) is 28.2 Å². The maximum Gasteiger partial charge on any atom is 0.241 e. The maximum absolute atomic E-state index is 13.7. The van der Waals surface area contributed by atoms with Crippen LogP contribution in [0.15, 0.2) is 48.0 Å². The number of halogens is 3. The predicted octanol–water partition coefficient (Wildman–Crippen LogP) is 5.56. The lowest BCUT2D eigenvalue weighted by molar-refractivity contribution is -0.120. The van der Waals surface area contributed by atoms with Crippen LogP contribution in [0.4, 0.5) is 8.78 Å². The summed E-state index contributed by atoms with van der Waals surface area (Å²) in [5.74, 6) is -2.80. The fraction of sp³-hybridized carbons (Fsp3) is 0.105. The van der Waals surface area contributed by atoms with Crippen LogP contribution < -0.4 is 5.32 Å². The molecule has 0 aliphatic carbocycles. The highest BCUT2D eigenvalue weighted by molar-refractivity contribution is 7.58. The van der Waals surface area contributed by atoms with Crippen molar-refractivity contribution in [3.8, 4) is 0 Å². The summed E-state index contributed by atoms with van der Waals surface area (Å²) in [6.07, 6.45) is 2.29. The zero-order chi connectivity index (χ0) is 20.5. The zero-order valence-corrected chi connectivity index (χ0v) is 17.0. The number of fused-ring (bicyclic) bond motifs is 1. The Morgan fingerprint density at radius 1 is 1.32 bits per heavy atom. The molecule has 2 atom stereocenters. The van der Waals surface area contributed by atoms with E-state index in [1.165, 1.54) is 29.5 Å². The van der Waals surface area contributed by atoms with Crippen LogP contribution in [0.1, 0.15) is 16.8 Å². The highest BCUT2D eigenvalue weighted by atomic mass is 35.5. The zero-order valence-electron chi connectivity index (χ0n) is 14.5. The second kappa shape index (κ2) is 8.13. The summed E-state index contributed by atoms with van der Waals surface area (Å²) in [7, 11) is -3.89. The fourth-order valence-corrected chi connectivity index (χ4v) is 5.27. The van der Waals surface area contributed by atoms with Crippen molar-refractivity contribution in [2.45, 2.75) is 5.66 Å². The van der Waals surface area contributed by atoms with Gasteiger partial charge >= 0.3 is 0 Å². The first-order valence-electron chi connectivity index (χ1n) is 8.06. The van der Waals surface area contributed by atoms with Gasteiger partial charge in [0.25, 0.3) is 0 Å². The Balaban J connectivity index is 1.91.